The van der Waals surface area contributed by atoms with E-state index in [0.29, 0.717) is 6.42 Å². The lowest BCUT2D eigenvalue weighted by Gasteiger charge is -2.21. The Labute approximate surface area is 113 Å². The van der Waals surface area contributed by atoms with E-state index >= 15 is 0 Å². The zero-order valence-electron chi connectivity index (χ0n) is 11.0. The normalized spacial score (nSPS) is 13.8. The molecule has 0 aliphatic rings. The predicted octanol–water partition coefficient (Wildman–Crippen LogP) is 3.17. The minimum atomic E-state index is -0.751. The quantitative estimate of drug-likeness (QED) is 0.889. The van der Waals surface area contributed by atoms with Crippen LogP contribution in [0.4, 0.5) is 0 Å². The van der Waals surface area contributed by atoms with Crippen molar-refractivity contribution in [2.45, 2.75) is 19.4 Å². The van der Waals surface area contributed by atoms with Crippen molar-refractivity contribution in [3.63, 3.8) is 0 Å². The topological polar surface area (TPSA) is 37.3 Å². The van der Waals surface area contributed by atoms with Crippen molar-refractivity contribution in [1.29, 1.82) is 0 Å². The molecule has 2 aromatic carbocycles. The van der Waals surface area contributed by atoms with E-state index in [2.05, 4.69) is 0 Å². The van der Waals surface area contributed by atoms with Crippen LogP contribution in [-0.2, 0) is 11.2 Å². The molecule has 2 heteroatoms. The summed E-state index contributed by atoms with van der Waals surface area (Å²) >= 11 is 0. The monoisotopic (exact) mass is 254 g/mol. The summed E-state index contributed by atoms with van der Waals surface area (Å²) in [5, 5.41) is 10.4. The first kappa shape index (κ1) is 13.5. The van der Waals surface area contributed by atoms with Crippen molar-refractivity contribution in [2.75, 3.05) is 0 Å². The zero-order chi connectivity index (χ0) is 13.7. The van der Waals surface area contributed by atoms with Gasteiger partial charge in [0.05, 0.1) is 12.0 Å². The van der Waals surface area contributed by atoms with Gasteiger partial charge in [-0.1, -0.05) is 60.7 Å². The van der Waals surface area contributed by atoms with Gasteiger partial charge in [-0.3, -0.25) is 4.79 Å². The average molecular weight is 254 g/mol. The fourth-order valence-electron chi connectivity index (χ4n) is 2.23. The van der Waals surface area contributed by atoms with Crippen LogP contribution in [0.15, 0.2) is 60.7 Å². The Morgan fingerprint density at radius 2 is 1.53 bits per heavy atom. The summed E-state index contributed by atoms with van der Waals surface area (Å²) in [6, 6.07) is 19.1. The molecule has 19 heavy (non-hydrogen) atoms. The molecular weight excluding hydrogens is 236 g/mol. The molecule has 0 saturated heterocycles. The van der Waals surface area contributed by atoms with Gasteiger partial charge in [-0.05, 0) is 24.5 Å². The SMILES string of the molecule is CC(=O)C(Cc1ccccc1)C(O)c1ccccc1. The van der Waals surface area contributed by atoms with Crippen LogP contribution in [-0.4, -0.2) is 10.9 Å². The molecule has 2 nitrogen and oxygen atoms in total. The van der Waals surface area contributed by atoms with Crippen LogP contribution in [0, 0.1) is 5.92 Å². The molecule has 0 aliphatic carbocycles. The molecule has 0 heterocycles. The number of hydrogen-bond acceptors (Lipinski definition) is 2. The van der Waals surface area contributed by atoms with Crippen molar-refractivity contribution in [3.05, 3.63) is 71.8 Å². The highest BCUT2D eigenvalue weighted by Gasteiger charge is 2.25. The first-order valence-corrected chi connectivity index (χ1v) is 6.46. The Morgan fingerprint density at radius 1 is 1.00 bits per heavy atom. The molecular formula is C17H18O2. The molecule has 0 aromatic heterocycles. The van der Waals surface area contributed by atoms with E-state index in [9.17, 15) is 9.90 Å². The van der Waals surface area contributed by atoms with Crippen LogP contribution in [0.2, 0.25) is 0 Å². The number of aliphatic hydroxyl groups excluding tert-OH is 1. The molecule has 98 valence electrons. The molecule has 2 atom stereocenters. The summed E-state index contributed by atoms with van der Waals surface area (Å²) in [7, 11) is 0. The molecule has 0 spiro atoms. The second kappa shape index (κ2) is 6.30. The van der Waals surface area contributed by atoms with Gasteiger partial charge in [-0.15, -0.1) is 0 Å². The van der Waals surface area contributed by atoms with Crippen molar-refractivity contribution in [3.8, 4) is 0 Å². The van der Waals surface area contributed by atoms with E-state index in [1.54, 1.807) is 6.92 Å². The van der Waals surface area contributed by atoms with E-state index in [1.165, 1.54) is 0 Å². The first-order chi connectivity index (χ1) is 9.18. The minimum absolute atomic E-state index is 0.0141. The van der Waals surface area contributed by atoms with Crippen LogP contribution in [0.25, 0.3) is 0 Å². The molecule has 0 fully saturated rings. The summed E-state index contributed by atoms with van der Waals surface area (Å²) in [5.74, 6) is -0.384. The van der Waals surface area contributed by atoms with Gasteiger partial charge in [-0.2, -0.15) is 0 Å². The maximum absolute atomic E-state index is 11.8. The Bertz CT molecular complexity index is 519. The second-order valence-corrected chi connectivity index (χ2v) is 4.76. The van der Waals surface area contributed by atoms with Crippen molar-refractivity contribution < 1.29 is 9.90 Å². The third-order valence-corrected chi connectivity index (χ3v) is 3.34. The Kier molecular flexibility index (Phi) is 4.48. The molecule has 0 radical (unpaired) electrons. The van der Waals surface area contributed by atoms with E-state index in [-0.39, 0.29) is 5.78 Å². The van der Waals surface area contributed by atoms with Gasteiger partial charge in [-0.25, -0.2) is 0 Å². The molecule has 1 N–H and O–H groups in total. The average Bonchev–Trinajstić information content (AvgIpc) is 2.46. The lowest BCUT2D eigenvalue weighted by Crippen LogP contribution is -2.22. The van der Waals surface area contributed by atoms with E-state index in [4.69, 9.17) is 0 Å². The number of aliphatic hydroxyl groups is 1. The molecule has 0 saturated carbocycles. The Morgan fingerprint density at radius 3 is 2.05 bits per heavy atom. The standard InChI is InChI=1S/C17H18O2/c1-13(18)16(12-14-8-4-2-5-9-14)17(19)15-10-6-3-7-11-15/h2-11,16-17,19H,12H2,1H3. The first-order valence-electron chi connectivity index (χ1n) is 6.46. The highest BCUT2D eigenvalue weighted by Crippen LogP contribution is 2.26. The maximum Gasteiger partial charge on any atom is 0.136 e. The number of carbonyl (C=O) groups is 1. The Balaban J connectivity index is 2.19. The number of hydrogen-bond donors (Lipinski definition) is 1. The number of rotatable bonds is 5. The molecule has 2 rings (SSSR count). The van der Waals surface area contributed by atoms with Crippen LogP contribution in [0.5, 0.6) is 0 Å². The summed E-state index contributed by atoms with van der Waals surface area (Å²) in [6.45, 7) is 1.54. The highest BCUT2D eigenvalue weighted by atomic mass is 16.3. The van der Waals surface area contributed by atoms with E-state index in [1.807, 2.05) is 60.7 Å². The van der Waals surface area contributed by atoms with Crippen LogP contribution in [0.1, 0.15) is 24.2 Å². The van der Waals surface area contributed by atoms with Crippen molar-refractivity contribution in [2.24, 2.45) is 5.92 Å². The number of carbonyl (C=O) groups excluding carboxylic acids is 1. The molecule has 0 aliphatic heterocycles. The fourth-order valence-corrected chi connectivity index (χ4v) is 2.23. The van der Waals surface area contributed by atoms with E-state index < -0.39 is 12.0 Å². The highest BCUT2D eigenvalue weighted by molar-refractivity contribution is 5.79. The summed E-state index contributed by atoms with van der Waals surface area (Å²) in [5.41, 5.74) is 1.86. The van der Waals surface area contributed by atoms with Gasteiger partial charge in [0.15, 0.2) is 0 Å². The number of ketones is 1. The van der Waals surface area contributed by atoms with Gasteiger partial charge in [0.25, 0.3) is 0 Å². The third-order valence-electron chi connectivity index (χ3n) is 3.34. The summed E-state index contributed by atoms with van der Waals surface area (Å²) in [4.78, 5) is 11.8. The largest absolute Gasteiger partial charge is 0.388 e. The summed E-state index contributed by atoms with van der Waals surface area (Å²) in [6.07, 6.45) is -0.189. The van der Waals surface area contributed by atoms with Crippen molar-refractivity contribution >= 4 is 5.78 Å². The molecule has 2 unspecified atom stereocenters. The van der Waals surface area contributed by atoms with Gasteiger partial charge in [0.2, 0.25) is 0 Å². The maximum atomic E-state index is 11.8. The van der Waals surface area contributed by atoms with Gasteiger partial charge < -0.3 is 5.11 Å². The third kappa shape index (κ3) is 3.52. The van der Waals surface area contributed by atoms with Crippen LogP contribution in [0.3, 0.4) is 0 Å². The molecule has 0 amide bonds. The van der Waals surface area contributed by atoms with Crippen LogP contribution < -0.4 is 0 Å². The predicted molar refractivity (Wildman–Crippen MR) is 75.7 cm³/mol. The van der Waals surface area contributed by atoms with E-state index in [0.717, 1.165) is 11.1 Å². The van der Waals surface area contributed by atoms with Crippen LogP contribution >= 0.6 is 0 Å². The Hall–Kier alpha value is -1.93. The van der Waals surface area contributed by atoms with Gasteiger partial charge in [0, 0.05) is 0 Å². The fraction of sp³-hybridized carbons (Fsp3) is 0.235. The molecule has 2 aromatic rings. The lowest BCUT2D eigenvalue weighted by atomic mass is 9.87. The molecule has 0 bridgehead atoms. The van der Waals surface area contributed by atoms with Gasteiger partial charge >= 0.3 is 0 Å². The zero-order valence-corrected chi connectivity index (χ0v) is 11.0. The summed E-state index contributed by atoms with van der Waals surface area (Å²) < 4.78 is 0. The minimum Gasteiger partial charge on any atom is -0.388 e. The van der Waals surface area contributed by atoms with Gasteiger partial charge in [0.1, 0.15) is 5.78 Å². The second-order valence-electron chi connectivity index (χ2n) is 4.76. The van der Waals surface area contributed by atoms with Crippen molar-refractivity contribution in [1.82, 2.24) is 0 Å². The smallest absolute Gasteiger partial charge is 0.136 e. The lowest BCUT2D eigenvalue weighted by molar-refractivity contribution is -0.124. The number of Topliss-reactive ketones (excluding diaryl/α,β-unsaturated/α-hetero) is 1. The number of benzene rings is 2.